The first-order valence-corrected chi connectivity index (χ1v) is 9.04. The highest BCUT2D eigenvalue weighted by molar-refractivity contribution is 7.92. The van der Waals surface area contributed by atoms with Crippen LogP contribution in [0.3, 0.4) is 0 Å². The van der Waals surface area contributed by atoms with E-state index in [4.69, 9.17) is 4.74 Å². The number of hydrogen-bond acceptors (Lipinski definition) is 4. The van der Waals surface area contributed by atoms with E-state index in [0.717, 1.165) is 12.8 Å². The standard InChI is InChI=1S/C17H18N2O4S/c1-23-15-7-9-16(10-8-15)24(21,22)19-14-4-2-3-12(11-14)17(20)18-13-5-6-13/h2-4,7-11,13,19H,5-6H2,1H3,(H,18,20). The summed E-state index contributed by atoms with van der Waals surface area (Å²) in [6.07, 6.45) is 1.99. The third-order valence-electron chi connectivity index (χ3n) is 3.66. The molecule has 24 heavy (non-hydrogen) atoms. The summed E-state index contributed by atoms with van der Waals surface area (Å²) in [5.74, 6) is 0.385. The van der Waals surface area contributed by atoms with Crippen molar-refractivity contribution in [2.24, 2.45) is 0 Å². The molecule has 0 heterocycles. The Labute approximate surface area is 140 Å². The predicted octanol–water partition coefficient (Wildman–Crippen LogP) is 2.39. The lowest BCUT2D eigenvalue weighted by molar-refractivity contribution is 0.0951. The zero-order valence-corrected chi connectivity index (χ0v) is 14.0. The van der Waals surface area contributed by atoms with Gasteiger partial charge in [-0.2, -0.15) is 0 Å². The van der Waals surface area contributed by atoms with Crippen molar-refractivity contribution in [3.63, 3.8) is 0 Å². The van der Waals surface area contributed by atoms with Gasteiger partial charge in [0.2, 0.25) is 0 Å². The average Bonchev–Trinajstić information content (AvgIpc) is 3.38. The molecule has 0 bridgehead atoms. The molecule has 1 fully saturated rings. The van der Waals surface area contributed by atoms with Crippen LogP contribution in [0.25, 0.3) is 0 Å². The number of amides is 1. The summed E-state index contributed by atoms with van der Waals surface area (Å²) >= 11 is 0. The van der Waals surface area contributed by atoms with Crippen LogP contribution < -0.4 is 14.8 Å². The smallest absolute Gasteiger partial charge is 0.261 e. The summed E-state index contributed by atoms with van der Waals surface area (Å²) in [6, 6.07) is 12.8. The topological polar surface area (TPSA) is 84.5 Å². The fraction of sp³-hybridized carbons (Fsp3) is 0.235. The average molecular weight is 346 g/mol. The first kappa shape index (κ1) is 16.3. The molecule has 126 valence electrons. The van der Waals surface area contributed by atoms with Crippen molar-refractivity contribution in [1.82, 2.24) is 5.32 Å². The van der Waals surface area contributed by atoms with Crippen molar-refractivity contribution in [2.45, 2.75) is 23.8 Å². The molecule has 0 aromatic heterocycles. The van der Waals surface area contributed by atoms with Crippen LogP contribution in [0.1, 0.15) is 23.2 Å². The van der Waals surface area contributed by atoms with E-state index in [0.29, 0.717) is 17.0 Å². The van der Waals surface area contributed by atoms with Crippen LogP contribution in [0, 0.1) is 0 Å². The Morgan fingerprint density at radius 2 is 1.83 bits per heavy atom. The first-order chi connectivity index (χ1) is 11.5. The Hall–Kier alpha value is -2.54. The highest BCUT2D eigenvalue weighted by Crippen LogP contribution is 2.22. The van der Waals surface area contributed by atoms with E-state index in [1.807, 2.05) is 0 Å². The van der Waals surface area contributed by atoms with E-state index < -0.39 is 10.0 Å². The second-order valence-corrected chi connectivity index (χ2v) is 7.29. The molecule has 0 saturated heterocycles. The quantitative estimate of drug-likeness (QED) is 0.841. The van der Waals surface area contributed by atoms with Crippen LogP contribution in [0.2, 0.25) is 0 Å². The number of nitrogens with one attached hydrogen (secondary N) is 2. The minimum atomic E-state index is -3.73. The van der Waals surface area contributed by atoms with Crippen LogP contribution in [0.5, 0.6) is 5.75 Å². The van der Waals surface area contributed by atoms with Gasteiger partial charge in [0, 0.05) is 17.3 Å². The summed E-state index contributed by atoms with van der Waals surface area (Å²) in [5, 5.41) is 2.87. The zero-order chi connectivity index (χ0) is 17.2. The van der Waals surface area contributed by atoms with Gasteiger partial charge < -0.3 is 10.1 Å². The number of carbonyl (C=O) groups is 1. The number of hydrogen-bond donors (Lipinski definition) is 2. The number of anilines is 1. The van der Waals surface area contributed by atoms with Crippen molar-refractivity contribution in [3.8, 4) is 5.75 Å². The molecule has 1 aliphatic rings. The van der Waals surface area contributed by atoms with Crippen molar-refractivity contribution in [2.75, 3.05) is 11.8 Å². The number of sulfonamides is 1. The normalized spacial score (nSPS) is 14.0. The molecule has 2 N–H and O–H groups in total. The number of carbonyl (C=O) groups excluding carboxylic acids is 1. The van der Waals surface area contributed by atoms with Gasteiger partial charge >= 0.3 is 0 Å². The van der Waals surface area contributed by atoms with Gasteiger partial charge in [0.1, 0.15) is 5.75 Å². The molecular weight excluding hydrogens is 328 g/mol. The minimum Gasteiger partial charge on any atom is -0.497 e. The number of rotatable bonds is 6. The van der Waals surface area contributed by atoms with Crippen LogP contribution in [0.4, 0.5) is 5.69 Å². The maximum atomic E-state index is 12.4. The Morgan fingerprint density at radius 3 is 2.46 bits per heavy atom. The summed E-state index contributed by atoms with van der Waals surface area (Å²) in [5.41, 5.74) is 0.770. The van der Waals surface area contributed by atoms with Crippen LogP contribution in [0.15, 0.2) is 53.4 Å². The van der Waals surface area contributed by atoms with Gasteiger partial charge in [0.15, 0.2) is 0 Å². The third-order valence-corrected chi connectivity index (χ3v) is 5.06. The number of benzene rings is 2. The molecule has 1 saturated carbocycles. The van der Waals surface area contributed by atoms with Crippen molar-refractivity contribution in [1.29, 1.82) is 0 Å². The Balaban J connectivity index is 1.77. The first-order valence-electron chi connectivity index (χ1n) is 7.56. The summed E-state index contributed by atoms with van der Waals surface area (Å²) in [7, 11) is -2.21. The van der Waals surface area contributed by atoms with Gasteiger partial charge in [-0.3, -0.25) is 9.52 Å². The Kier molecular flexibility index (Phi) is 4.44. The van der Waals surface area contributed by atoms with E-state index in [-0.39, 0.29) is 16.8 Å². The molecule has 1 aliphatic carbocycles. The maximum absolute atomic E-state index is 12.4. The second kappa shape index (κ2) is 6.52. The van der Waals surface area contributed by atoms with Crippen molar-refractivity contribution < 1.29 is 17.9 Å². The molecule has 0 aliphatic heterocycles. The highest BCUT2D eigenvalue weighted by Gasteiger charge is 2.24. The summed E-state index contributed by atoms with van der Waals surface area (Å²) in [4.78, 5) is 12.2. The molecule has 0 unspecified atom stereocenters. The lowest BCUT2D eigenvalue weighted by Crippen LogP contribution is -2.25. The fourth-order valence-corrected chi connectivity index (χ4v) is 3.24. The third kappa shape index (κ3) is 3.86. The minimum absolute atomic E-state index is 0.121. The predicted molar refractivity (Wildman–Crippen MR) is 90.7 cm³/mol. The molecule has 0 spiro atoms. The van der Waals surface area contributed by atoms with Crippen LogP contribution in [-0.4, -0.2) is 27.5 Å². The molecule has 0 radical (unpaired) electrons. The second-order valence-electron chi connectivity index (χ2n) is 5.61. The lowest BCUT2D eigenvalue weighted by Gasteiger charge is -2.10. The summed E-state index contributed by atoms with van der Waals surface area (Å²) < 4.78 is 32.3. The van der Waals surface area contributed by atoms with Crippen molar-refractivity contribution in [3.05, 3.63) is 54.1 Å². The molecule has 2 aromatic carbocycles. The highest BCUT2D eigenvalue weighted by atomic mass is 32.2. The van der Waals surface area contributed by atoms with Gasteiger partial charge in [0.05, 0.1) is 12.0 Å². The lowest BCUT2D eigenvalue weighted by atomic mass is 10.2. The zero-order valence-electron chi connectivity index (χ0n) is 13.2. The Morgan fingerprint density at radius 1 is 1.12 bits per heavy atom. The molecule has 6 nitrogen and oxygen atoms in total. The van der Waals surface area contributed by atoms with Gasteiger partial charge in [-0.25, -0.2) is 8.42 Å². The molecule has 2 aromatic rings. The van der Waals surface area contributed by atoms with E-state index in [9.17, 15) is 13.2 Å². The maximum Gasteiger partial charge on any atom is 0.261 e. The largest absolute Gasteiger partial charge is 0.497 e. The molecule has 1 amide bonds. The van der Waals surface area contributed by atoms with Crippen molar-refractivity contribution >= 4 is 21.6 Å². The number of methoxy groups -OCH3 is 1. The molecule has 7 heteroatoms. The van der Waals surface area contributed by atoms with Gasteiger partial charge in [0.25, 0.3) is 15.9 Å². The van der Waals surface area contributed by atoms with Gasteiger partial charge in [-0.1, -0.05) is 6.07 Å². The van der Waals surface area contributed by atoms with E-state index in [2.05, 4.69) is 10.0 Å². The van der Waals surface area contributed by atoms with Crippen LogP contribution >= 0.6 is 0 Å². The van der Waals surface area contributed by atoms with E-state index in [1.54, 1.807) is 30.3 Å². The SMILES string of the molecule is COc1ccc(S(=O)(=O)Nc2cccc(C(=O)NC3CC3)c2)cc1. The Bertz CT molecular complexity index is 843. The molecular formula is C17H18N2O4S. The molecule has 3 rings (SSSR count). The fourth-order valence-electron chi connectivity index (χ4n) is 2.19. The monoisotopic (exact) mass is 346 g/mol. The van der Waals surface area contributed by atoms with Crippen LogP contribution in [-0.2, 0) is 10.0 Å². The van der Waals surface area contributed by atoms with E-state index >= 15 is 0 Å². The summed E-state index contributed by atoms with van der Waals surface area (Å²) in [6.45, 7) is 0. The van der Waals surface area contributed by atoms with Gasteiger partial charge in [-0.15, -0.1) is 0 Å². The van der Waals surface area contributed by atoms with E-state index in [1.165, 1.54) is 25.3 Å². The van der Waals surface area contributed by atoms with Gasteiger partial charge in [-0.05, 0) is 55.3 Å². The molecule has 0 atom stereocenters. The number of ether oxygens (including phenoxy) is 1.